The summed E-state index contributed by atoms with van der Waals surface area (Å²) in [5.74, 6) is 0. The standard InChI is InChI=1S/C21H25N3S/c1-14-17(12-23(2)3)22-21-20(19(14)15-8-6-5-7-9-15)16-10-11-24(4)13-18(16)25-21/h5-9H,10-13H2,1-4H3. The van der Waals surface area contributed by atoms with E-state index < -0.39 is 0 Å². The van der Waals surface area contributed by atoms with Gasteiger partial charge in [-0.3, -0.25) is 0 Å². The predicted molar refractivity (Wildman–Crippen MR) is 107 cm³/mol. The van der Waals surface area contributed by atoms with Crippen molar-refractivity contribution >= 4 is 21.6 Å². The highest BCUT2D eigenvalue weighted by Crippen LogP contribution is 2.42. The van der Waals surface area contributed by atoms with E-state index in [1.165, 1.54) is 43.0 Å². The molecule has 0 bridgehead atoms. The molecule has 1 aliphatic heterocycles. The lowest BCUT2D eigenvalue weighted by atomic mass is 9.92. The maximum Gasteiger partial charge on any atom is 0.124 e. The number of hydrogen-bond acceptors (Lipinski definition) is 4. The fourth-order valence-corrected chi connectivity index (χ4v) is 5.14. The van der Waals surface area contributed by atoms with Crippen LogP contribution in [0.25, 0.3) is 21.3 Å². The van der Waals surface area contributed by atoms with Crippen LogP contribution in [0, 0.1) is 6.92 Å². The molecule has 0 spiro atoms. The molecule has 3 heterocycles. The van der Waals surface area contributed by atoms with Crippen molar-refractivity contribution in [2.75, 3.05) is 27.7 Å². The van der Waals surface area contributed by atoms with Crippen molar-refractivity contribution in [3.63, 3.8) is 0 Å². The average molecular weight is 352 g/mol. The van der Waals surface area contributed by atoms with E-state index in [9.17, 15) is 0 Å². The fraction of sp³-hybridized carbons (Fsp3) is 0.381. The number of fused-ring (bicyclic) bond motifs is 3. The fourth-order valence-electron chi connectivity index (χ4n) is 3.81. The topological polar surface area (TPSA) is 19.4 Å². The lowest BCUT2D eigenvalue weighted by Gasteiger charge is -2.23. The van der Waals surface area contributed by atoms with E-state index in [1.807, 2.05) is 11.3 Å². The van der Waals surface area contributed by atoms with Crippen LogP contribution in [0.15, 0.2) is 30.3 Å². The summed E-state index contributed by atoms with van der Waals surface area (Å²) >= 11 is 1.89. The molecule has 1 aromatic carbocycles. The van der Waals surface area contributed by atoms with Gasteiger partial charge in [-0.05, 0) is 56.7 Å². The second-order valence-corrected chi connectivity index (χ2v) is 8.42. The molecule has 3 nitrogen and oxygen atoms in total. The first-order chi connectivity index (χ1) is 12.0. The number of thiophene rings is 1. The molecule has 1 aliphatic rings. The highest BCUT2D eigenvalue weighted by molar-refractivity contribution is 7.19. The SMILES string of the molecule is Cc1c(CN(C)C)nc2sc3c(c2c1-c1ccccc1)CCN(C)C3. The first kappa shape index (κ1) is 16.7. The molecular formula is C21H25N3S. The molecule has 25 heavy (non-hydrogen) atoms. The minimum absolute atomic E-state index is 0.879. The first-order valence-corrected chi connectivity index (χ1v) is 9.68. The van der Waals surface area contributed by atoms with Crippen LogP contribution in [0.5, 0.6) is 0 Å². The predicted octanol–water partition coefficient (Wildman–Crippen LogP) is 4.32. The van der Waals surface area contributed by atoms with Crippen molar-refractivity contribution in [3.8, 4) is 11.1 Å². The molecule has 3 aromatic rings. The summed E-state index contributed by atoms with van der Waals surface area (Å²) in [4.78, 5) is 12.4. The minimum atomic E-state index is 0.879. The lowest BCUT2D eigenvalue weighted by Crippen LogP contribution is -2.25. The Bertz CT molecular complexity index is 912. The number of aromatic nitrogens is 1. The van der Waals surface area contributed by atoms with Crippen LogP contribution in [-0.2, 0) is 19.5 Å². The Hall–Kier alpha value is -1.75. The Morgan fingerprint density at radius 2 is 1.96 bits per heavy atom. The third-order valence-corrected chi connectivity index (χ3v) is 6.16. The van der Waals surface area contributed by atoms with E-state index in [0.717, 1.165) is 26.1 Å². The van der Waals surface area contributed by atoms with Crippen LogP contribution < -0.4 is 0 Å². The molecule has 0 aliphatic carbocycles. The van der Waals surface area contributed by atoms with Gasteiger partial charge in [-0.1, -0.05) is 30.3 Å². The van der Waals surface area contributed by atoms with Crippen molar-refractivity contribution in [3.05, 3.63) is 52.0 Å². The Labute approximate surface area is 153 Å². The molecule has 0 saturated carbocycles. The van der Waals surface area contributed by atoms with Crippen molar-refractivity contribution in [1.82, 2.24) is 14.8 Å². The number of rotatable bonds is 3. The van der Waals surface area contributed by atoms with Gasteiger partial charge in [0.1, 0.15) is 4.83 Å². The van der Waals surface area contributed by atoms with Crippen LogP contribution in [-0.4, -0.2) is 42.5 Å². The van der Waals surface area contributed by atoms with Crippen LogP contribution in [0.4, 0.5) is 0 Å². The molecule has 130 valence electrons. The van der Waals surface area contributed by atoms with Crippen LogP contribution in [0.3, 0.4) is 0 Å². The lowest BCUT2D eigenvalue weighted by molar-refractivity contribution is 0.318. The molecule has 0 radical (unpaired) electrons. The van der Waals surface area contributed by atoms with Gasteiger partial charge in [0.15, 0.2) is 0 Å². The van der Waals surface area contributed by atoms with E-state index >= 15 is 0 Å². The Morgan fingerprint density at radius 1 is 1.20 bits per heavy atom. The molecular weight excluding hydrogens is 326 g/mol. The summed E-state index contributed by atoms with van der Waals surface area (Å²) in [5, 5.41) is 1.40. The van der Waals surface area contributed by atoms with E-state index in [4.69, 9.17) is 4.98 Å². The van der Waals surface area contributed by atoms with Gasteiger partial charge in [0, 0.05) is 29.9 Å². The second-order valence-electron chi connectivity index (χ2n) is 7.33. The quantitative estimate of drug-likeness (QED) is 0.700. The van der Waals surface area contributed by atoms with E-state index in [1.54, 1.807) is 0 Å². The Morgan fingerprint density at radius 3 is 2.68 bits per heavy atom. The Balaban J connectivity index is 2.02. The van der Waals surface area contributed by atoms with E-state index in [2.05, 4.69) is 68.2 Å². The van der Waals surface area contributed by atoms with Crippen molar-refractivity contribution in [2.45, 2.75) is 26.4 Å². The molecule has 0 fully saturated rings. The third-order valence-electron chi connectivity index (χ3n) is 5.05. The number of benzene rings is 1. The molecule has 4 rings (SSSR count). The summed E-state index contributed by atoms with van der Waals surface area (Å²) in [6.45, 7) is 5.30. The van der Waals surface area contributed by atoms with Crippen molar-refractivity contribution in [1.29, 1.82) is 0 Å². The maximum atomic E-state index is 5.09. The van der Waals surface area contributed by atoms with Gasteiger partial charge in [0.05, 0.1) is 5.69 Å². The summed E-state index contributed by atoms with van der Waals surface area (Å²) in [7, 11) is 6.44. The number of hydrogen-bond donors (Lipinski definition) is 0. The smallest absolute Gasteiger partial charge is 0.124 e. The first-order valence-electron chi connectivity index (χ1n) is 8.87. The van der Waals surface area contributed by atoms with Crippen LogP contribution in [0.1, 0.15) is 21.7 Å². The van der Waals surface area contributed by atoms with Gasteiger partial charge in [0.2, 0.25) is 0 Å². The highest BCUT2D eigenvalue weighted by atomic mass is 32.1. The summed E-state index contributed by atoms with van der Waals surface area (Å²) in [6.07, 6.45) is 1.12. The molecule has 0 N–H and O–H groups in total. The molecule has 0 atom stereocenters. The normalized spacial score (nSPS) is 15.1. The monoisotopic (exact) mass is 351 g/mol. The second kappa shape index (κ2) is 6.52. The third kappa shape index (κ3) is 2.99. The van der Waals surface area contributed by atoms with Gasteiger partial charge in [-0.15, -0.1) is 11.3 Å². The van der Waals surface area contributed by atoms with Gasteiger partial charge >= 0.3 is 0 Å². The van der Waals surface area contributed by atoms with Crippen molar-refractivity contribution in [2.24, 2.45) is 0 Å². The van der Waals surface area contributed by atoms with Gasteiger partial charge < -0.3 is 9.80 Å². The molecule has 0 saturated heterocycles. The van der Waals surface area contributed by atoms with E-state index in [-0.39, 0.29) is 0 Å². The van der Waals surface area contributed by atoms with Gasteiger partial charge in [-0.25, -0.2) is 4.98 Å². The zero-order valence-corrected chi connectivity index (χ0v) is 16.3. The van der Waals surface area contributed by atoms with Gasteiger partial charge in [-0.2, -0.15) is 0 Å². The number of nitrogens with zero attached hydrogens (tertiary/aromatic N) is 3. The zero-order valence-electron chi connectivity index (χ0n) is 15.5. The number of likely N-dealkylation sites (N-methyl/N-ethyl adjacent to an activating group) is 1. The van der Waals surface area contributed by atoms with Crippen molar-refractivity contribution < 1.29 is 0 Å². The molecule has 4 heteroatoms. The molecule has 0 amide bonds. The Kier molecular flexibility index (Phi) is 4.36. The van der Waals surface area contributed by atoms with Crippen LogP contribution in [0.2, 0.25) is 0 Å². The summed E-state index contributed by atoms with van der Waals surface area (Å²) < 4.78 is 0. The van der Waals surface area contributed by atoms with E-state index in [0.29, 0.717) is 0 Å². The molecule has 0 unspecified atom stereocenters. The summed E-state index contributed by atoms with van der Waals surface area (Å²) in [6, 6.07) is 10.8. The van der Waals surface area contributed by atoms with Gasteiger partial charge in [0.25, 0.3) is 0 Å². The highest BCUT2D eigenvalue weighted by Gasteiger charge is 2.24. The molecule has 2 aromatic heterocycles. The largest absolute Gasteiger partial charge is 0.304 e. The summed E-state index contributed by atoms with van der Waals surface area (Å²) in [5.41, 5.74) is 6.76. The maximum absolute atomic E-state index is 5.09. The minimum Gasteiger partial charge on any atom is -0.304 e. The number of pyridine rings is 1. The average Bonchev–Trinajstić information content (AvgIpc) is 2.92. The van der Waals surface area contributed by atoms with Crippen LogP contribution >= 0.6 is 11.3 Å². The zero-order chi connectivity index (χ0) is 17.6.